The maximum atomic E-state index is 13.2. The van der Waals surface area contributed by atoms with Crippen molar-refractivity contribution in [2.24, 2.45) is 52.3 Å². The molecule has 9 N–H and O–H groups in total. The zero-order valence-corrected chi connectivity index (χ0v) is 40.9. The molecule has 7 aliphatic rings. The van der Waals surface area contributed by atoms with Gasteiger partial charge >= 0.3 is 6.09 Å². The maximum Gasteiger partial charge on any atom is 0.407 e. The van der Waals surface area contributed by atoms with Crippen LogP contribution in [0.1, 0.15) is 126 Å². The molecule has 3 heterocycles. The molecule has 23 atom stereocenters. The van der Waals surface area contributed by atoms with Crippen molar-refractivity contribution in [3.63, 3.8) is 0 Å². The molecule has 0 bridgehead atoms. The summed E-state index contributed by atoms with van der Waals surface area (Å²) in [6.45, 7) is 14.1. The lowest BCUT2D eigenvalue weighted by atomic mass is 9.47. The number of fused-ring (bicyclic) bond motifs is 5. The average Bonchev–Trinajstić information content (AvgIpc) is 3.66. The highest BCUT2D eigenvalue weighted by Crippen LogP contribution is 2.67. The van der Waals surface area contributed by atoms with E-state index in [1.165, 1.54) is 64.4 Å². The highest BCUT2D eigenvalue weighted by molar-refractivity contribution is 5.67. The lowest BCUT2D eigenvalue weighted by molar-refractivity contribution is -0.387. The van der Waals surface area contributed by atoms with E-state index in [-0.39, 0.29) is 31.1 Å². The number of nitrogens with one attached hydrogen (secondary N) is 1. The predicted molar refractivity (Wildman–Crippen MR) is 243 cm³/mol. The van der Waals surface area contributed by atoms with Crippen molar-refractivity contribution in [1.82, 2.24) is 5.32 Å². The summed E-state index contributed by atoms with van der Waals surface area (Å²) in [7, 11) is 0. The number of carbonyl (C=O) groups is 1. The quantitative estimate of drug-likeness (QED) is 0.0749. The Balaban J connectivity index is 0.929. The molecule has 6 fully saturated rings. The van der Waals surface area contributed by atoms with Gasteiger partial charge in [0.15, 0.2) is 18.9 Å². The third kappa shape index (κ3) is 11.1. The molecule has 1 amide bonds. The summed E-state index contributed by atoms with van der Waals surface area (Å²) < 4.78 is 41.9. The number of hydrogen-bond donors (Lipinski definition) is 9. The van der Waals surface area contributed by atoms with Crippen molar-refractivity contribution in [2.45, 2.75) is 218 Å². The van der Waals surface area contributed by atoms with Gasteiger partial charge in [0.25, 0.3) is 0 Å². The van der Waals surface area contributed by atoms with Crippen molar-refractivity contribution in [3.8, 4) is 0 Å². The van der Waals surface area contributed by atoms with Crippen LogP contribution in [0.15, 0.2) is 11.6 Å². The number of alkyl carbamates (subject to hydrolysis) is 1. The Hall–Kier alpha value is -1.55. The Kier molecular flexibility index (Phi) is 17.9. The zero-order valence-electron chi connectivity index (χ0n) is 40.9. The van der Waals surface area contributed by atoms with Crippen molar-refractivity contribution in [2.75, 3.05) is 26.4 Å². The monoisotopic (exact) mass is 956 g/mol. The standard InChI is InChI=1S/C50H85NO16/c1-25(2)10-8-11-26(3)32-14-15-33-31-13-12-29-22-30(16-18-49(29,6)34(31)17-19-50(32,33)7)63-48(60)51-20-9-21-61-47-44(67-46-42(59)41(58)38(55)28(5)62-46)43(40(57)36(24-53)65-47)66-45-27(4)37(54)39(56)35(23-52)64-45/h12,25-28,30-47,52-59H,8-11,13-24H2,1-7H3,(H,51,60)/t26-,27?,28?,30+,31+,32-,33+,34+,35?,36?,37-,38-,39+,40+,41+,42?,43+,44?,45-,46+,47-,49+,50-/m1/s1. The number of ether oxygens (including phenoxy) is 7. The van der Waals surface area contributed by atoms with Crippen LogP contribution < -0.4 is 5.32 Å². The fraction of sp³-hybridized carbons (Fsp3) is 0.940. The molecule has 4 aliphatic carbocycles. The summed E-state index contributed by atoms with van der Waals surface area (Å²) in [6.07, 6.45) is -4.87. The summed E-state index contributed by atoms with van der Waals surface area (Å²) in [4.78, 5) is 13.2. The lowest BCUT2D eigenvalue weighted by Crippen LogP contribution is -2.66. The topological polar surface area (TPSA) is 256 Å². The number of aliphatic hydroxyl groups excluding tert-OH is 8. The van der Waals surface area contributed by atoms with Gasteiger partial charge in [0.05, 0.1) is 32.0 Å². The molecule has 0 aromatic heterocycles. The fourth-order valence-electron chi connectivity index (χ4n) is 13.7. The minimum atomic E-state index is -1.75. The molecule has 6 unspecified atom stereocenters. The molecule has 0 aromatic rings. The van der Waals surface area contributed by atoms with Crippen LogP contribution in [0.4, 0.5) is 4.79 Å². The number of hydrogen-bond acceptors (Lipinski definition) is 16. The van der Waals surface area contributed by atoms with Gasteiger partial charge in [-0.05, 0) is 105 Å². The molecule has 17 nitrogen and oxygen atoms in total. The first-order valence-corrected chi connectivity index (χ1v) is 25.7. The molecule has 3 saturated carbocycles. The number of rotatable bonds is 17. The summed E-state index contributed by atoms with van der Waals surface area (Å²) in [5.41, 5.74) is 2.00. The SMILES string of the molecule is CC(C)CCC[C@@H](C)[C@H]1CC[C@H]2[C@@H]3CC=C4C[C@@H](OC(=O)NCCCO[C@@H]5OC(CO)[C@H](O)[C@H](O[C@H]6OC(CO)[C@H](O)[C@H](O)C6C)C5O[C@@H]5OC(C)[C@@H](O)[C@H](O)C5O)CC[C@]4(C)[C@H]3CC[C@]12C. The van der Waals surface area contributed by atoms with E-state index in [0.717, 1.165) is 55.3 Å². The first-order chi connectivity index (χ1) is 31.8. The van der Waals surface area contributed by atoms with Gasteiger partial charge in [-0.2, -0.15) is 0 Å². The van der Waals surface area contributed by atoms with Crippen LogP contribution in [0.25, 0.3) is 0 Å². The van der Waals surface area contributed by atoms with Crippen LogP contribution in [0.2, 0.25) is 0 Å². The first kappa shape index (κ1) is 53.3. The Labute approximate surface area is 397 Å². The highest BCUT2D eigenvalue weighted by atomic mass is 16.8. The Bertz CT molecular complexity index is 1640. The van der Waals surface area contributed by atoms with Crippen LogP contribution in [-0.2, 0) is 33.2 Å². The van der Waals surface area contributed by atoms with E-state index in [0.29, 0.717) is 11.3 Å². The van der Waals surface area contributed by atoms with E-state index in [4.69, 9.17) is 33.2 Å². The molecule has 7 rings (SSSR count). The minimum absolute atomic E-state index is 0.0273. The minimum Gasteiger partial charge on any atom is -0.446 e. The second-order valence-electron chi connectivity index (χ2n) is 22.4. The second kappa shape index (κ2) is 22.5. The number of allylic oxidation sites excluding steroid dienone is 1. The smallest absolute Gasteiger partial charge is 0.407 e. The number of carbonyl (C=O) groups excluding carboxylic acids is 1. The van der Waals surface area contributed by atoms with Crippen molar-refractivity contribution in [3.05, 3.63) is 11.6 Å². The number of aliphatic hydroxyl groups is 8. The van der Waals surface area contributed by atoms with Crippen LogP contribution >= 0.6 is 0 Å². The molecule has 17 heteroatoms. The highest BCUT2D eigenvalue weighted by Gasteiger charge is 2.60. The van der Waals surface area contributed by atoms with Gasteiger partial charge in [-0.1, -0.05) is 72.5 Å². The summed E-state index contributed by atoms with van der Waals surface area (Å²) in [5.74, 6) is 3.65. The van der Waals surface area contributed by atoms with E-state index in [1.54, 1.807) is 0 Å². The number of amides is 1. The second-order valence-corrected chi connectivity index (χ2v) is 22.4. The van der Waals surface area contributed by atoms with E-state index < -0.39 is 111 Å². The summed E-state index contributed by atoms with van der Waals surface area (Å²) in [5, 5.41) is 87.2. The molecule has 67 heavy (non-hydrogen) atoms. The molecule has 0 spiro atoms. The van der Waals surface area contributed by atoms with E-state index >= 15 is 0 Å². The van der Waals surface area contributed by atoms with Crippen LogP contribution in [0.5, 0.6) is 0 Å². The Morgan fingerprint density at radius 2 is 1.46 bits per heavy atom. The first-order valence-electron chi connectivity index (χ1n) is 25.7. The van der Waals surface area contributed by atoms with Crippen LogP contribution in [0, 0.1) is 52.3 Å². The molecule has 0 aromatic carbocycles. The van der Waals surface area contributed by atoms with Gasteiger partial charge < -0.3 is 79.3 Å². The zero-order chi connectivity index (χ0) is 48.5. The third-order valence-corrected chi connectivity index (χ3v) is 17.8. The van der Waals surface area contributed by atoms with E-state index in [9.17, 15) is 45.6 Å². The third-order valence-electron chi connectivity index (χ3n) is 17.8. The molecule has 386 valence electrons. The van der Waals surface area contributed by atoms with Gasteiger partial charge in [-0.15, -0.1) is 0 Å². The predicted octanol–water partition coefficient (Wildman–Crippen LogP) is 3.28. The normalized spacial score (nSPS) is 47.1. The average molecular weight is 956 g/mol. The molecule has 0 radical (unpaired) electrons. The largest absolute Gasteiger partial charge is 0.446 e. The molecular formula is C50H85NO16. The van der Waals surface area contributed by atoms with E-state index in [1.807, 2.05) is 0 Å². The summed E-state index contributed by atoms with van der Waals surface area (Å²) >= 11 is 0. The van der Waals surface area contributed by atoms with Crippen molar-refractivity contribution < 1.29 is 78.8 Å². The molecule has 3 saturated heterocycles. The van der Waals surface area contributed by atoms with Gasteiger partial charge in [0, 0.05) is 18.9 Å². The maximum absolute atomic E-state index is 13.2. The Morgan fingerprint density at radius 3 is 2.18 bits per heavy atom. The van der Waals surface area contributed by atoms with E-state index in [2.05, 4.69) is 46.0 Å². The van der Waals surface area contributed by atoms with Gasteiger partial charge in [-0.25, -0.2) is 4.79 Å². The molecule has 3 aliphatic heterocycles. The lowest BCUT2D eigenvalue weighted by Gasteiger charge is -2.58. The van der Waals surface area contributed by atoms with Crippen LogP contribution in [0.3, 0.4) is 0 Å². The van der Waals surface area contributed by atoms with Gasteiger partial charge in [-0.3, -0.25) is 0 Å². The van der Waals surface area contributed by atoms with Crippen molar-refractivity contribution >= 4 is 6.09 Å². The summed E-state index contributed by atoms with van der Waals surface area (Å²) in [6, 6.07) is 0. The Morgan fingerprint density at radius 1 is 0.761 bits per heavy atom. The molecular weight excluding hydrogens is 871 g/mol. The van der Waals surface area contributed by atoms with Crippen molar-refractivity contribution in [1.29, 1.82) is 0 Å². The van der Waals surface area contributed by atoms with Gasteiger partial charge in [0.1, 0.15) is 61.0 Å². The van der Waals surface area contributed by atoms with Gasteiger partial charge in [0.2, 0.25) is 0 Å². The fourth-order valence-corrected chi connectivity index (χ4v) is 13.7. The van der Waals surface area contributed by atoms with Crippen LogP contribution in [-0.4, -0.2) is 165 Å².